The number of pyridine rings is 1. The van der Waals surface area contributed by atoms with Gasteiger partial charge in [-0.25, -0.2) is 0 Å². The highest BCUT2D eigenvalue weighted by molar-refractivity contribution is 6.74. The van der Waals surface area contributed by atoms with Gasteiger partial charge >= 0.3 is 0 Å². The van der Waals surface area contributed by atoms with Crippen molar-refractivity contribution >= 4 is 28.4 Å². The molecule has 39 heavy (non-hydrogen) atoms. The Morgan fingerprint density at radius 3 is 2.05 bits per heavy atom. The summed E-state index contributed by atoms with van der Waals surface area (Å²) in [6.45, 7) is 22.5. The normalized spacial score (nSPS) is 20.7. The molecule has 1 aromatic carbocycles. The van der Waals surface area contributed by atoms with Gasteiger partial charge in [-0.1, -0.05) is 71.9 Å². The van der Waals surface area contributed by atoms with E-state index in [0.29, 0.717) is 12.1 Å². The van der Waals surface area contributed by atoms with Crippen LogP contribution in [0.4, 0.5) is 0 Å². The highest BCUT2D eigenvalue weighted by Crippen LogP contribution is 2.43. The number of carbonyl (C=O) groups is 2. The minimum Gasteiger partial charge on any atom is -0.409 e. The third kappa shape index (κ3) is 7.25. The van der Waals surface area contributed by atoms with E-state index in [0.717, 1.165) is 5.56 Å². The molecule has 1 unspecified atom stereocenters. The van der Waals surface area contributed by atoms with Gasteiger partial charge in [0.2, 0.25) is 5.91 Å². The van der Waals surface area contributed by atoms with Crippen LogP contribution in [0.3, 0.4) is 0 Å². The zero-order valence-corrected chi connectivity index (χ0v) is 27.4. The molecule has 1 aliphatic rings. The maximum absolute atomic E-state index is 14.0. The molecule has 1 aromatic heterocycles. The quantitative estimate of drug-likeness (QED) is 0.394. The zero-order chi connectivity index (χ0) is 29.2. The number of nitrogens with one attached hydrogen (secondary N) is 1. The Hall–Kier alpha value is -2.34. The number of nitrogens with zero attached hydrogens (tertiary/aromatic N) is 2. The second-order valence-corrected chi connectivity index (χ2v) is 23.1. The lowest BCUT2D eigenvalue weighted by Crippen LogP contribution is -2.56. The maximum Gasteiger partial charge on any atom is 0.256 e. The number of hydrogen-bond donors (Lipinski definition) is 1. The molecule has 2 amide bonds. The molecule has 3 rings (SSSR count). The molecule has 1 aliphatic heterocycles. The van der Waals surface area contributed by atoms with Crippen molar-refractivity contribution in [2.45, 2.75) is 103 Å². The molecule has 1 N–H and O–H groups in total. The van der Waals surface area contributed by atoms with Gasteiger partial charge in [-0.2, -0.15) is 0 Å². The van der Waals surface area contributed by atoms with Crippen molar-refractivity contribution in [2.24, 2.45) is 0 Å². The van der Waals surface area contributed by atoms with Gasteiger partial charge in [-0.05, 0) is 54.0 Å². The molecule has 0 aliphatic carbocycles. The Balaban J connectivity index is 2.05. The predicted octanol–water partition coefficient (Wildman–Crippen LogP) is 6.00. The number of rotatable bonds is 8. The van der Waals surface area contributed by atoms with Gasteiger partial charge in [-0.15, -0.1) is 0 Å². The summed E-state index contributed by atoms with van der Waals surface area (Å²) in [6.07, 6.45) is 2.18. The molecule has 2 aromatic rings. The monoisotopic (exact) mass is 569 g/mol. The number of likely N-dealkylation sites (tertiary alicyclic amines) is 1. The molecule has 7 nitrogen and oxygen atoms in total. The minimum absolute atomic E-state index is 0.0413. The Bertz CT molecular complexity index is 1130. The first kappa shape index (κ1) is 31.2. The minimum atomic E-state index is -2.35. The van der Waals surface area contributed by atoms with Crippen molar-refractivity contribution in [1.29, 1.82) is 0 Å². The second kappa shape index (κ2) is 11.6. The van der Waals surface area contributed by atoms with E-state index in [1.54, 1.807) is 29.4 Å². The van der Waals surface area contributed by atoms with Crippen LogP contribution in [0, 0.1) is 0 Å². The highest BCUT2D eigenvalue weighted by atomic mass is 28.4. The van der Waals surface area contributed by atoms with E-state index in [-0.39, 0.29) is 28.4 Å². The molecular formula is C30H47N3O4Si2. The first-order valence-electron chi connectivity index (χ1n) is 13.8. The second-order valence-electron chi connectivity index (χ2n) is 13.6. The van der Waals surface area contributed by atoms with Crippen molar-refractivity contribution in [3.63, 3.8) is 0 Å². The van der Waals surface area contributed by atoms with Gasteiger partial charge in [0, 0.05) is 25.5 Å². The van der Waals surface area contributed by atoms with Crippen LogP contribution < -0.4 is 5.32 Å². The van der Waals surface area contributed by atoms with Crippen molar-refractivity contribution in [1.82, 2.24) is 15.2 Å². The van der Waals surface area contributed by atoms with Crippen LogP contribution in [0.25, 0.3) is 0 Å². The molecule has 2 heterocycles. The molecule has 1 saturated heterocycles. The fourth-order valence-corrected chi connectivity index (χ4v) is 6.79. The topological polar surface area (TPSA) is 80.8 Å². The fourth-order valence-electron chi connectivity index (χ4n) is 4.15. The maximum atomic E-state index is 14.0. The molecule has 9 heteroatoms. The summed E-state index contributed by atoms with van der Waals surface area (Å²) >= 11 is 0. The smallest absolute Gasteiger partial charge is 0.256 e. The summed E-state index contributed by atoms with van der Waals surface area (Å²) in [5.41, 5.74) is 1.43. The Morgan fingerprint density at radius 2 is 1.51 bits per heavy atom. The number of amides is 2. The van der Waals surface area contributed by atoms with Crippen LogP contribution >= 0.6 is 0 Å². The summed E-state index contributed by atoms with van der Waals surface area (Å²) < 4.78 is 13.9. The third-order valence-electron chi connectivity index (χ3n) is 8.63. The zero-order valence-electron chi connectivity index (χ0n) is 25.4. The van der Waals surface area contributed by atoms with Crippen molar-refractivity contribution in [2.75, 3.05) is 6.54 Å². The molecule has 1 fully saturated rings. The van der Waals surface area contributed by atoms with Crippen molar-refractivity contribution < 1.29 is 18.4 Å². The molecule has 0 saturated carbocycles. The van der Waals surface area contributed by atoms with Gasteiger partial charge in [0.15, 0.2) is 16.6 Å². The average Bonchev–Trinajstić information content (AvgIpc) is 3.18. The van der Waals surface area contributed by atoms with Crippen molar-refractivity contribution in [3.05, 3.63) is 66.0 Å². The number of hydrogen-bond acceptors (Lipinski definition) is 5. The predicted molar refractivity (Wildman–Crippen MR) is 161 cm³/mol. The van der Waals surface area contributed by atoms with E-state index in [2.05, 4.69) is 78.0 Å². The van der Waals surface area contributed by atoms with Crippen molar-refractivity contribution in [3.8, 4) is 0 Å². The summed E-state index contributed by atoms with van der Waals surface area (Å²) in [5, 5.41) is 2.96. The van der Waals surface area contributed by atoms with Crippen LogP contribution in [-0.2, 0) is 20.2 Å². The van der Waals surface area contributed by atoms with Crippen LogP contribution in [0.1, 0.15) is 57.5 Å². The Kier molecular flexibility index (Phi) is 9.31. The van der Waals surface area contributed by atoms with E-state index >= 15 is 0 Å². The largest absolute Gasteiger partial charge is 0.409 e. The highest BCUT2D eigenvalue weighted by Gasteiger charge is 2.55. The Morgan fingerprint density at radius 1 is 0.923 bits per heavy atom. The number of aromatic nitrogens is 1. The first-order chi connectivity index (χ1) is 17.9. The Labute approximate surface area is 237 Å². The van der Waals surface area contributed by atoms with E-state index in [9.17, 15) is 9.59 Å². The number of benzene rings is 1. The van der Waals surface area contributed by atoms with E-state index in [1.165, 1.54) is 0 Å². The summed E-state index contributed by atoms with van der Waals surface area (Å²) in [6, 6.07) is 12.4. The molecule has 0 bridgehead atoms. The number of carbonyl (C=O) groups excluding carboxylic acids is 2. The van der Waals surface area contributed by atoms with E-state index in [1.807, 2.05) is 30.3 Å². The van der Waals surface area contributed by atoms with Gasteiger partial charge in [0.05, 0.1) is 11.7 Å². The summed E-state index contributed by atoms with van der Waals surface area (Å²) in [4.78, 5) is 33.7. The average molecular weight is 570 g/mol. The lowest BCUT2D eigenvalue weighted by Gasteiger charge is -2.43. The first-order valence-corrected chi connectivity index (χ1v) is 19.6. The van der Waals surface area contributed by atoms with Gasteiger partial charge in [0.1, 0.15) is 12.1 Å². The van der Waals surface area contributed by atoms with E-state index < -0.39 is 34.9 Å². The lowest BCUT2D eigenvalue weighted by atomic mass is 10.1. The molecule has 214 valence electrons. The molecular weight excluding hydrogens is 523 g/mol. The van der Waals surface area contributed by atoms with Gasteiger partial charge in [0.25, 0.3) is 5.91 Å². The van der Waals surface area contributed by atoms with Gasteiger partial charge in [-0.3, -0.25) is 14.6 Å². The fraction of sp³-hybridized carbons (Fsp3) is 0.567. The van der Waals surface area contributed by atoms with Crippen LogP contribution in [-0.4, -0.2) is 63.1 Å². The van der Waals surface area contributed by atoms with E-state index in [4.69, 9.17) is 8.85 Å². The molecule has 3 atom stereocenters. The SMILES string of the molecule is CC(C)(C)[Si](C)(C)O[C@H]1CN(C(=O)c2cccnc2)C(C(=O)NCc2ccccc2)[C@@H]1O[Si](C)(C)C(C)(C)C. The summed E-state index contributed by atoms with van der Waals surface area (Å²) in [7, 11) is -4.60. The summed E-state index contributed by atoms with van der Waals surface area (Å²) in [5.74, 6) is -0.478. The van der Waals surface area contributed by atoms with Crippen LogP contribution in [0.2, 0.25) is 36.3 Å². The van der Waals surface area contributed by atoms with Crippen LogP contribution in [0.5, 0.6) is 0 Å². The van der Waals surface area contributed by atoms with Gasteiger partial charge < -0.3 is 19.1 Å². The molecule has 0 radical (unpaired) electrons. The van der Waals surface area contributed by atoms with Crippen LogP contribution in [0.15, 0.2) is 54.9 Å². The standard InChI is InChI=1S/C30H47N3O4Si2/c1-29(2,3)38(7,8)36-24-21-33(28(35)23-17-14-18-31-20-23)25(26(24)37-39(9,10)30(4,5)6)27(34)32-19-22-15-12-11-13-16-22/h11-18,20,24-26H,19,21H2,1-10H3,(H,32,34)/t24-,25?,26+/m0/s1. The third-order valence-corrected chi connectivity index (χ3v) is 17.6. The lowest BCUT2D eigenvalue weighted by molar-refractivity contribution is -0.127. The molecule has 0 spiro atoms.